The van der Waals surface area contributed by atoms with Gasteiger partial charge in [-0.2, -0.15) is 4.31 Å². The Balaban J connectivity index is 1.22. The van der Waals surface area contributed by atoms with Crippen LogP contribution in [0.3, 0.4) is 0 Å². The van der Waals surface area contributed by atoms with Crippen LogP contribution in [-0.4, -0.2) is 61.2 Å². The lowest BCUT2D eigenvalue weighted by Gasteiger charge is -2.71. The summed E-state index contributed by atoms with van der Waals surface area (Å²) in [5.41, 5.74) is -2.10. The summed E-state index contributed by atoms with van der Waals surface area (Å²) in [5, 5.41) is 25.8. The average molecular weight is 734 g/mol. The fourth-order valence-electron chi connectivity index (χ4n) is 11.4. The first kappa shape index (κ1) is 34.8. The van der Waals surface area contributed by atoms with Crippen LogP contribution < -0.4 is 9.47 Å². The highest BCUT2D eigenvalue weighted by Gasteiger charge is 2.74. The molecule has 6 aliphatic carbocycles. The van der Waals surface area contributed by atoms with E-state index in [4.69, 9.17) is 13.9 Å². The molecule has 2 heterocycles. The monoisotopic (exact) mass is 733 g/mol. The number of aliphatic hydroxyl groups excluding tert-OH is 1. The number of carbonyl (C=O) groups excluding carboxylic acids is 1. The van der Waals surface area contributed by atoms with Gasteiger partial charge in [-0.05, 0) is 91.8 Å². The van der Waals surface area contributed by atoms with Crippen molar-refractivity contribution in [1.29, 1.82) is 0 Å². The predicted molar refractivity (Wildman–Crippen MR) is 193 cm³/mol. The molecule has 1 unspecified atom stereocenters. The lowest BCUT2D eigenvalue weighted by Crippen LogP contribution is -2.67. The first-order valence-electron chi connectivity index (χ1n) is 17.9. The molecule has 11 heteroatoms. The zero-order valence-corrected chi connectivity index (χ0v) is 31.3. The maximum absolute atomic E-state index is 14.5. The molecule has 2 spiro atoms. The molecule has 51 heavy (non-hydrogen) atoms. The number of ether oxygens (including phenoxy) is 2. The molecule has 6 aliphatic rings. The Hall–Kier alpha value is -3.22. The van der Waals surface area contributed by atoms with Crippen LogP contribution >= 0.6 is 11.3 Å². The summed E-state index contributed by atoms with van der Waals surface area (Å²) in [4.78, 5) is 14.5. The summed E-state index contributed by atoms with van der Waals surface area (Å²) in [5.74, 6) is 1.19. The molecule has 9 rings (SSSR count). The first-order valence-corrected chi connectivity index (χ1v) is 20.3. The minimum Gasteiger partial charge on any atom is -0.497 e. The van der Waals surface area contributed by atoms with Crippen molar-refractivity contribution in [2.45, 2.75) is 81.3 Å². The van der Waals surface area contributed by atoms with Crippen LogP contribution in [0.5, 0.6) is 11.5 Å². The van der Waals surface area contributed by atoms with Gasteiger partial charge in [0, 0.05) is 46.5 Å². The minimum absolute atomic E-state index is 0.00478. The molecule has 2 N–H and O–H groups in total. The normalized spacial score (nSPS) is 36.7. The van der Waals surface area contributed by atoms with Crippen molar-refractivity contribution in [1.82, 2.24) is 4.31 Å². The molecular weight excluding hydrogens is 687 g/mol. The second kappa shape index (κ2) is 11.9. The highest BCUT2D eigenvalue weighted by Crippen LogP contribution is 2.78. The molecule has 3 aromatic rings. The third kappa shape index (κ3) is 4.80. The fraction of sp³-hybridized carbons (Fsp3) is 0.525. The summed E-state index contributed by atoms with van der Waals surface area (Å²) >= 11 is 1.16. The van der Waals surface area contributed by atoms with Crippen molar-refractivity contribution < 1.29 is 37.3 Å². The van der Waals surface area contributed by atoms with Gasteiger partial charge < -0.3 is 24.1 Å². The van der Waals surface area contributed by atoms with Crippen LogP contribution in [0.4, 0.5) is 0 Å². The number of nitrogens with zero attached hydrogens (tertiary/aromatic N) is 1. The van der Waals surface area contributed by atoms with Gasteiger partial charge in [-0.15, -0.1) is 11.3 Å². The topological polar surface area (TPSA) is 127 Å². The molecule has 2 bridgehead atoms. The Morgan fingerprint density at radius 3 is 2.47 bits per heavy atom. The van der Waals surface area contributed by atoms with Crippen molar-refractivity contribution in [2.24, 2.45) is 33.5 Å². The third-order valence-corrected chi connectivity index (χ3v) is 17.2. The molecule has 0 radical (unpaired) electrons. The van der Waals surface area contributed by atoms with Crippen LogP contribution in [0.2, 0.25) is 0 Å². The van der Waals surface area contributed by atoms with E-state index in [9.17, 15) is 23.4 Å². The van der Waals surface area contributed by atoms with Crippen molar-refractivity contribution in [2.75, 3.05) is 20.8 Å². The summed E-state index contributed by atoms with van der Waals surface area (Å²) in [7, 11) is -0.907. The summed E-state index contributed by atoms with van der Waals surface area (Å²) < 4.78 is 47.3. The third-order valence-electron chi connectivity index (χ3n) is 14.1. The molecule has 0 aliphatic heterocycles. The van der Waals surface area contributed by atoms with E-state index in [1.165, 1.54) is 10.6 Å². The van der Waals surface area contributed by atoms with E-state index in [-0.39, 0.29) is 46.1 Å². The number of benzene rings is 1. The number of sulfonamides is 1. The second-order valence-electron chi connectivity index (χ2n) is 16.0. The fourth-order valence-corrected chi connectivity index (χ4v) is 14.0. The Morgan fingerprint density at radius 2 is 1.76 bits per heavy atom. The van der Waals surface area contributed by atoms with Crippen LogP contribution in [0.15, 0.2) is 86.5 Å². The van der Waals surface area contributed by atoms with Crippen LogP contribution in [-0.2, 0) is 16.6 Å². The largest absolute Gasteiger partial charge is 0.497 e. The predicted octanol–water partition coefficient (Wildman–Crippen LogP) is 7.02. The quantitative estimate of drug-likeness (QED) is 0.168. The number of carbonyl (C=O) groups is 1. The number of allylic oxidation sites excluding steroid dienone is 4. The van der Waals surface area contributed by atoms with E-state index < -0.39 is 38.0 Å². The van der Waals surface area contributed by atoms with E-state index in [1.54, 1.807) is 56.0 Å². The van der Waals surface area contributed by atoms with Crippen molar-refractivity contribution >= 4 is 27.1 Å². The maximum atomic E-state index is 14.5. The first-order chi connectivity index (χ1) is 24.3. The van der Waals surface area contributed by atoms with Crippen molar-refractivity contribution in [3.05, 3.63) is 89.2 Å². The standard InChI is InChI=1S/C40H47NO8S2/c1-36-14-11-27(42)22-38(36)17-18-40(29(23-38)35(43)30-7-5-19-49-30)32(36)12-15-37(2)33(40)13-16-39(37,44)25-41(51(45,46)34-8-6-20-50-34)24-26-9-10-28(47-3)21-31(26)48-4/h5-10,17-21,23,27,32-33,42,44H,11-16,22,24-25H2,1-4H3/t27?,32-,33-,36-,37+,38+,39-,40-/m1/s1. The second-order valence-corrected chi connectivity index (χ2v) is 19.1. The lowest BCUT2D eigenvalue weighted by molar-refractivity contribution is -0.174. The number of rotatable bonds is 10. The molecule has 3 saturated carbocycles. The van der Waals surface area contributed by atoms with E-state index in [1.807, 2.05) is 6.07 Å². The number of Topliss-reactive ketones (excluding diaryl/α,β-unsaturated/α-hetero) is 1. The van der Waals surface area contributed by atoms with Crippen molar-refractivity contribution in [3.8, 4) is 11.5 Å². The summed E-state index contributed by atoms with van der Waals surface area (Å²) in [6.07, 6.45) is 12.3. The van der Waals surface area contributed by atoms with Gasteiger partial charge in [0.05, 0.1) is 32.2 Å². The van der Waals surface area contributed by atoms with E-state index >= 15 is 0 Å². The molecule has 0 saturated heterocycles. The molecule has 9 nitrogen and oxygen atoms in total. The van der Waals surface area contributed by atoms with Gasteiger partial charge in [-0.3, -0.25) is 4.79 Å². The number of furan rings is 1. The van der Waals surface area contributed by atoms with Crippen molar-refractivity contribution in [3.63, 3.8) is 0 Å². The van der Waals surface area contributed by atoms with Gasteiger partial charge in [0.2, 0.25) is 5.78 Å². The van der Waals surface area contributed by atoms with Crippen LogP contribution in [0.25, 0.3) is 0 Å². The number of ketones is 1. The molecule has 1 aromatic carbocycles. The Labute approximate surface area is 304 Å². The molecular formula is C40H47NO8S2. The summed E-state index contributed by atoms with van der Waals surface area (Å²) in [6.45, 7) is 4.34. The smallest absolute Gasteiger partial charge is 0.252 e. The zero-order valence-electron chi connectivity index (χ0n) is 29.6. The van der Waals surface area contributed by atoms with E-state index in [0.29, 0.717) is 54.7 Å². The van der Waals surface area contributed by atoms with Gasteiger partial charge in [0.15, 0.2) is 5.76 Å². The maximum Gasteiger partial charge on any atom is 0.252 e. The molecule has 0 amide bonds. The van der Waals surface area contributed by atoms with Gasteiger partial charge in [0.1, 0.15) is 15.7 Å². The highest BCUT2D eigenvalue weighted by molar-refractivity contribution is 7.91. The average Bonchev–Trinajstić information content (AvgIpc) is 3.90. The zero-order chi connectivity index (χ0) is 36.0. The molecule has 8 atom stereocenters. The SMILES string of the molecule is COc1ccc(CN(C[C@]2(O)CC[C@H]3[C@]45C=C[C@@]6(C=C4C(=O)c4ccco4)CC(O)CC[C@]6(C)[C@H]5CC[C@@]32C)S(=O)(=O)c2cccs2)c(OC)c1. The molecule has 3 fully saturated rings. The van der Waals surface area contributed by atoms with Crippen LogP contribution in [0, 0.1) is 33.5 Å². The molecule has 272 valence electrons. The number of hydrogen-bond donors (Lipinski definition) is 2. The lowest BCUT2D eigenvalue weighted by atomic mass is 9.32. The van der Waals surface area contributed by atoms with Gasteiger partial charge in [-0.1, -0.05) is 44.2 Å². The Morgan fingerprint density at radius 1 is 1.00 bits per heavy atom. The minimum atomic E-state index is -4.02. The van der Waals surface area contributed by atoms with Gasteiger partial charge in [-0.25, -0.2) is 8.42 Å². The highest BCUT2D eigenvalue weighted by atomic mass is 32.2. The van der Waals surface area contributed by atoms with Crippen LogP contribution in [0.1, 0.15) is 74.9 Å². The Bertz CT molecular complexity index is 2010. The van der Waals surface area contributed by atoms with Gasteiger partial charge in [0.25, 0.3) is 10.0 Å². The van der Waals surface area contributed by atoms with E-state index in [2.05, 4.69) is 32.1 Å². The molecule has 2 aromatic heterocycles. The number of hydrogen-bond acceptors (Lipinski definition) is 9. The summed E-state index contributed by atoms with van der Waals surface area (Å²) in [6, 6.07) is 12.1. The Kier molecular flexibility index (Phi) is 8.13. The number of aliphatic hydroxyl groups is 2. The number of fused-ring (bicyclic) bond motifs is 1. The van der Waals surface area contributed by atoms with Gasteiger partial charge >= 0.3 is 0 Å². The van der Waals surface area contributed by atoms with E-state index in [0.717, 1.165) is 24.2 Å². The number of methoxy groups -OCH3 is 2. The number of thiophene rings is 1.